The molecule has 1 aliphatic rings. The lowest BCUT2D eigenvalue weighted by Gasteiger charge is -2.12. The molecule has 0 aliphatic carbocycles. The van der Waals surface area contributed by atoms with Crippen LogP contribution in [0.15, 0.2) is 18.5 Å². The van der Waals surface area contributed by atoms with Gasteiger partial charge in [-0.3, -0.25) is 4.98 Å². The van der Waals surface area contributed by atoms with Crippen molar-refractivity contribution in [3.8, 4) is 11.5 Å². The Morgan fingerprint density at radius 1 is 1.20 bits per heavy atom. The molecular weight excluding hydrogens is 303 g/mol. The number of pyridine rings is 1. The minimum Gasteiger partial charge on any atom is -0.490 e. The smallest absolute Gasteiger partial charge is 0.141 e. The van der Waals surface area contributed by atoms with Gasteiger partial charge in [-0.2, -0.15) is 0 Å². The summed E-state index contributed by atoms with van der Waals surface area (Å²) in [5.74, 6) is 1.46. The standard InChI is InChI=1S/C13H20N2O3.2ClH/c1-16-5-6-17-12-7-13(9-14-8-12)18-10-11-3-2-4-15-11;;/h7-9,11,15H,2-6,10H2,1H3;2*1H/t11-;;/m0../s1. The Hall–Kier alpha value is -0.750. The molecule has 0 saturated carbocycles. The maximum Gasteiger partial charge on any atom is 0.141 e. The van der Waals surface area contributed by atoms with Crippen LogP contribution in [-0.4, -0.2) is 44.5 Å². The van der Waals surface area contributed by atoms with E-state index in [1.165, 1.54) is 12.8 Å². The molecule has 1 atom stereocenters. The molecular formula is C13H22Cl2N2O3. The molecule has 0 unspecified atom stereocenters. The second-order valence-corrected chi connectivity index (χ2v) is 4.30. The summed E-state index contributed by atoms with van der Waals surface area (Å²) in [6.45, 7) is 2.86. The minimum atomic E-state index is 0. The average molecular weight is 325 g/mol. The van der Waals surface area contributed by atoms with Gasteiger partial charge in [0.15, 0.2) is 0 Å². The first-order valence-corrected chi connectivity index (χ1v) is 6.31. The van der Waals surface area contributed by atoms with Gasteiger partial charge >= 0.3 is 0 Å². The Labute approximate surface area is 132 Å². The average Bonchev–Trinajstić information content (AvgIpc) is 2.90. The first-order valence-electron chi connectivity index (χ1n) is 6.31. The molecule has 2 heterocycles. The number of ether oxygens (including phenoxy) is 3. The van der Waals surface area contributed by atoms with Crippen molar-refractivity contribution in [2.75, 3.05) is 33.5 Å². The van der Waals surface area contributed by atoms with Crippen LogP contribution in [0.1, 0.15) is 12.8 Å². The van der Waals surface area contributed by atoms with E-state index in [9.17, 15) is 0 Å². The van der Waals surface area contributed by atoms with E-state index in [0.29, 0.717) is 31.6 Å². The van der Waals surface area contributed by atoms with E-state index in [-0.39, 0.29) is 24.8 Å². The molecule has 5 nitrogen and oxygen atoms in total. The maximum absolute atomic E-state index is 5.70. The molecule has 0 spiro atoms. The van der Waals surface area contributed by atoms with Crippen LogP contribution in [0.2, 0.25) is 0 Å². The normalized spacial score (nSPS) is 16.9. The molecule has 1 aromatic heterocycles. The highest BCUT2D eigenvalue weighted by molar-refractivity contribution is 5.85. The van der Waals surface area contributed by atoms with E-state index >= 15 is 0 Å². The summed E-state index contributed by atoms with van der Waals surface area (Å²) in [5.41, 5.74) is 0. The third-order valence-corrected chi connectivity index (χ3v) is 2.86. The lowest BCUT2D eigenvalue weighted by atomic mass is 10.2. The van der Waals surface area contributed by atoms with Crippen molar-refractivity contribution in [2.24, 2.45) is 0 Å². The Morgan fingerprint density at radius 2 is 1.95 bits per heavy atom. The van der Waals surface area contributed by atoms with Crippen molar-refractivity contribution in [1.29, 1.82) is 0 Å². The van der Waals surface area contributed by atoms with E-state index in [0.717, 1.165) is 12.3 Å². The first kappa shape index (κ1) is 19.2. The van der Waals surface area contributed by atoms with Crippen LogP contribution in [0.5, 0.6) is 11.5 Å². The zero-order valence-corrected chi connectivity index (χ0v) is 13.2. The topological polar surface area (TPSA) is 52.6 Å². The second kappa shape index (κ2) is 11.0. The van der Waals surface area contributed by atoms with E-state index in [2.05, 4.69) is 10.3 Å². The van der Waals surface area contributed by atoms with Gasteiger partial charge in [-0.15, -0.1) is 24.8 Å². The van der Waals surface area contributed by atoms with E-state index in [1.54, 1.807) is 19.5 Å². The fraction of sp³-hybridized carbons (Fsp3) is 0.615. The van der Waals surface area contributed by atoms with Gasteiger partial charge in [0.25, 0.3) is 0 Å². The molecule has 1 N–H and O–H groups in total. The number of aromatic nitrogens is 1. The Morgan fingerprint density at radius 3 is 2.60 bits per heavy atom. The number of hydrogen-bond acceptors (Lipinski definition) is 5. The quantitative estimate of drug-likeness (QED) is 0.778. The van der Waals surface area contributed by atoms with Crippen molar-refractivity contribution in [3.63, 3.8) is 0 Å². The third-order valence-electron chi connectivity index (χ3n) is 2.86. The van der Waals surface area contributed by atoms with Crippen LogP contribution in [0.3, 0.4) is 0 Å². The van der Waals surface area contributed by atoms with E-state index < -0.39 is 0 Å². The monoisotopic (exact) mass is 324 g/mol. The SMILES string of the molecule is COCCOc1cncc(OC[C@@H]2CCCN2)c1.Cl.Cl. The van der Waals surface area contributed by atoms with Crippen LogP contribution >= 0.6 is 24.8 Å². The summed E-state index contributed by atoms with van der Waals surface area (Å²) in [6.07, 6.45) is 5.79. The zero-order valence-electron chi connectivity index (χ0n) is 11.5. The fourth-order valence-electron chi connectivity index (χ4n) is 1.90. The predicted molar refractivity (Wildman–Crippen MR) is 82.6 cm³/mol. The van der Waals surface area contributed by atoms with Crippen LogP contribution in [0.4, 0.5) is 0 Å². The van der Waals surface area contributed by atoms with Gasteiger partial charge < -0.3 is 19.5 Å². The maximum atomic E-state index is 5.70. The number of methoxy groups -OCH3 is 1. The summed E-state index contributed by atoms with van der Waals surface area (Å²) in [7, 11) is 1.65. The number of hydrogen-bond donors (Lipinski definition) is 1. The number of halogens is 2. The molecule has 0 amide bonds. The van der Waals surface area contributed by atoms with Gasteiger partial charge in [0.1, 0.15) is 24.7 Å². The molecule has 0 aromatic carbocycles. The zero-order chi connectivity index (χ0) is 12.6. The van der Waals surface area contributed by atoms with Crippen molar-refractivity contribution >= 4 is 24.8 Å². The van der Waals surface area contributed by atoms with Gasteiger partial charge in [-0.05, 0) is 19.4 Å². The van der Waals surface area contributed by atoms with E-state index in [1.807, 2.05) is 6.07 Å². The summed E-state index contributed by atoms with van der Waals surface area (Å²) in [6, 6.07) is 2.32. The van der Waals surface area contributed by atoms with Crippen LogP contribution in [0, 0.1) is 0 Å². The molecule has 20 heavy (non-hydrogen) atoms. The van der Waals surface area contributed by atoms with Gasteiger partial charge in [-0.25, -0.2) is 0 Å². The largest absolute Gasteiger partial charge is 0.490 e. The lowest BCUT2D eigenvalue weighted by molar-refractivity contribution is 0.146. The summed E-state index contributed by atoms with van der Waals surface area (Å²) in [4.78, 5) is 4.10. The molecule has 0 radical (unpaired) electrons. The summed E-state index contributed by atoms with van der Waals surface area (Å²) >= 11 is 0. The molecule has 1 saturated heterocycles. The van der Waals surface area contributed by atoms with E-state index in [4.69, 9.17) is 14.2 Å². The Bertz CT molecular complexity index is 363. The summed E-state index contributed by atoms with van der Waals surface area (Å²) in [5, 5.41) is 3.39. The van der Waals surface area contributed by atoms with Gasteiger partial charge in [0.2, 0.25) is 0 Å². The number of rotatable bonds is 7. The second-order valence-electron chi connectivity index (χ2n) is 4.30. The lowest BCUT2D eigenvalue weighted by Crippen LogP contribution is -2.28. The number of nitrogens with zero attached hydrogens (tertiary/aromatic N) is 1. The Kier molecular flexibility index (Phi) is 10.6. The predicted octanol–water partition coefficient (Wildman–Crippen LogP) is 2.08. The van der Waals surface area contributed by atoms with Crippen LogP contribution in [0.25, 0.3) is 0 Å². The first-order chi connectivity index (χ1) is 8.88. The van der Waals surface area contributed by atoms with Gasteiger partial charge in [0, 0.05) is 19.2 Å². The molecule has 1 aromatic rings. The van der Waals surface area contributed by atoms with Crippen LogP contribution < -0.4 is 14.8 Å². The molecule has 1 aliphatic heterocycles. The van der Waals surface area contributed by atoms with Crippen molar-refractivity contribution < 1.29 is 14.2 Å². The molecule has 2 rings (SSSR count). The number of nitrogens with one attached hydrogen (secondary N) is 1. The fourth-order valence-corrected chi connectivity index (χ4v) is 1.90. The molecule has 7 heteroatoms. The third kappa shape index (κ3) is 6.61. The Balaban J connectivity index is 0.00000180. The highest BCUT2D eigenvalue weighted by atomic mass is 35.5. The van der Waals surface area contributed by atoms with Crippen molar-refractivity contribution in [1.82, 2.24) is 10.3 Å². The van der Waals surface area contributed by atoms with Crippen molar-refractivity contribution in [3.05, 3.63) is 18.5 Å². The highest BCUT2D eigenvalue weighted by Gasteiger charge is 2.14. The molecule has 1 fully saturated rings. The van der Waals surface area contributed by atoms with Gasteiger partial charge in [-0.1, -0.05) is 0 Å². The highest BCUT2D eigenvalue weighted by Crippen LogP contribution is 2.18. The van der Waals surface area contributed by atoms with Crippen molar-refractivity contribution in [2.45, 2.75) is 18.9 Å². The molecule has 116 valence electrons. The molecule has 0 bridgehead atoms. The van der Waals surface area contributed by atoms with Crippen LogP contribution in [-0.2, 0) is 4.74 Å². The van der Waals surface area contributed by atoms with Gasteiger partial charge in [0.05, 0.1) is 19.0 Å². The minimum absolute atomic E-state index is 0. The summed E-state index contributed by atoms with van der Waals surface area (Å²) < 4.78 is 16.1.